The summed E-state index contributed by atoms with van der Waals surface area (Å²) in [7, 11) is 0. The molecule has 2 amide bonds. The van der Waals surface area contributed by atoms with Gasteiger partial charge in [0.2, 0.25) is 11.8 Å². The van der Waals surface area contributed by atoms with Gasteiger partial charge in [0, 0.05) is 13.1 Å². The standard InChI is InChI=1S/C12H25N9O2/c13-6(2-1-4-19-11(15)16)9(22)21-7(8(14)10(21)23)3-5-20-12(17)18/h6-8H,1-5,13-14H2,(H4,15,16,19)(H4,17,18,20). The van der Waals surface area contributed by atoms with Crippen LogP contribution < -0.4 is 34.4 Å². The maximum absolute atomic E-state index is 12.3. The Morgan fingerprint density at radius 3 is 2.26 bits per heavy atom. The summed E-state index contributed by atoms with van der Waals surface area (Å²) in [5.74, 6) is -0.979. The molecule has 0 radical (unpaired) electrons. The number of carbonyl (C=O) groups is 2. The van der Waals surface area contributed by atoms with Gasteiger partial charge in [0.15, 0.2) is 11.9 Å². The normalized spacial score (nSPS) is 21.3. The van der Waals surface area contributed by atoms with Gasteiger partial charge in [-0.2, -0.15) is 0 Å². The molecule has 0 aromatic rings. The number of β-lactam (4-membered cyclic amide) rings is 1. The van der Waals surface area contributed by atoms with E-state index in [1.54, 1.807) is 0 Å². The van der Waals surface area contributed by atoms with E-state index < -0.39 is 29.9 Å². The summed E-state index contributed by atoms with van der Waals surface area (Å²) in [4.78, 5) is 32.8. The van der Waals surface area contributed by atoms with Crippen molar-refractivity contribution in [2.45, 2.75) is 37.4 Å². The Labute approximate surface area is 134 Å². The second-order valence-electron chi connectivity index (χ2n) is 5.29. The van der Waals surface area contributed by atoms with Crippen LogP contribution in [-0.2, 0) is 9.59 Å². The fraction of sp³-hybridized carbons (Fsp3) is 0.667. The molecule has 0 saturated carbocycles. The number of hydrogen-bond acceptors (Lipinski definition) is 6. The first-order valence-electron chi connectivity index (χ1n) is 7.24. The average molecular weight is 327 g/mol. The number of guanidine groups is 2. The van der Waals surface area contributed by atoms with Crippen molar-refractivity contribution in [2.24, 2.45) is 44.4 Å². The summed E-state index contributed by atoms with van der Waals surface area (Å²) in [5.41, 5.74) is 32.4. The third-order valence-corrected chi connectivity index (χ3v) is 3.51. The number of carbonyl (C=O) groups excluding carboxylic acids is 2. The van der Waals surface area contributed by atoms with Crippen LogP contribution in [0, 0.1) is 0 Å². The van der Waals surface area contributed by atoms with E-state index in [-0.39, 0.29) is 18.5 Å². The Kier molecular flexibility index (Phi) is 6.72. The molecule has 1 rings (SSSR count). The van der Waals surface area contributed by atoms with Gasteiger partial charge in [-0.25, -0.2) is 0 Å². The molecule has 1 fully saturated rings. The molecule has 0 aromatic carbocycles. The van der Waals surface area contributed by atoms with Crippen LogP contribution in [0.4, 0.5) is 0 Å². The van der Waals surface area contributed by atoms with Crippen LogP contribution in [0.25, 0.3) is 0 Å². The summed E-state index contributed by atoms with van der Waals surface area (Å²) in [6.45, 7) is 0.641. The molecule has 12 N–H and O–H groups in total. The molecule has 11 nitrogen and oxygen atoms in total. The lowest BCUT2D eigenvalue weighted by molar-refractivity contribution is -0.161. The van der Waals surface area contributed by atoms with Crippen LogP contribution in [0.1, 0.15) is 19.3 Å². The lowest BCUT2D eigenvalue weighted by atomic mass is 9.91. The molecule has 1 aliphatic rings. The van der Waals surface area contributed by atoms with Crippen LogP contribution in [0.3, 0.4) is 0 Å². The Morgan fingerprint density at radius 2 is 1.70 bits per heavy atom. The maximum atomic E-state index is 12.3. The highest BCUT2D eigenvalue weighted by Crippen LogP contribution is 2.23. The molecule has 0 aliphatic carbocycles. The minimum Gasteiger partial charge on any atom is -0.370 e. The molecular weight excluding hydrogens is 302 g/mol. The predicted molar refractivity (Wildman–Crippen MR) is 86.8 cm³/mol. The second-order valence-corrected chi connectivity index (χ2v) is 5.29. The van der Waals surface area contributed by atoms with E-state index in [4.69, 9.17) is 34.4 Å². The zero-order valence-electron chi connectivity index (χ0n) is 12.9. The van der Waals surface area contributed by atoms with Gasteiger partial charge >= 0.3 is 0 Å². The Bertz CT molecular complexity index is 497. The van der Waals surface area contributed by atoms with Crippen LogP contribution in [0.5, 0.6) is 0 Å². The number of nitrogens with zero attached hydrogens (tertiary/aromatic N) is 3. The van der Waals surface area contributed by atoms with Gasteiger partial charge in [0.05, 0.1) is 12.1 Å². The van der Waals surface area contributed by atoms with Crippen molar-refractivity contribution in [3.05, 3.63) is 0 Å². The Hall–Kier alpha value is -2.40. The van der Waals surface area contributed by atoms with Crippen molar-refractivity contribution in [2.75, 3.05) is 13.1 Å². The molecule has 11 heteroatoms. The number of imide groups is 1. The number of likely N-dealkylation sites (tertiary alicyclic amines) is 1. The molecule has 3 unspecified atom stereocenters. The summed E-state index contributed by atoms with van der Waals surface area (Å²) in [5, 5.41) is 0. The zero-order valence-corrected chi connectivity index (χ0v) is 12.9. The van der Waals surface area contributed by atoms with Crippen LogP contribution in [-0.4, -0.2) is 59.8 Å². The molecule has 0 bridgehead atoms. The molecule has 1 heterocycles. The first-order valence-corrected chi connectivity index (χ1v) is 7.24. The van der Waals surface area contributed by atoms with E-state index in [0.29, 0.717) is 25.8 Å². The smallest absolute Gasteiger partial charge is 0.248 e. The molecule has 23 heavy (non-hydrogen) atoms. The summed E-state index contributed by atoms with van der Waals surface area (Å²) >= 11 is 0. The SMILES string of the molecule is NC(N)=NCCCC(N)C(=O)N1C(=O)C(N)C1CCN=C(N)N. The van der Waals surface area contributed by atoms with Gasteiger partial charge in [-0.05, 0) is 19.3 Å². The molecule has 0 spiro atoms. The first-order chi connectivity index (χ1) is 10.8. The van der Waals surface area contributed by atoms with Gasteiger partial charge in [0.25, 0.3) is 0 Å². The second kappa shape index (κ2) is 8.29. The quantitative estimate of drug-likeness (QED) is 0.112. The predicted octanol–water partition coefficient (Wildman–Crippen LogP) is -3.90. The largest absolute Gasteiger partial charge is 0.370 e. The lowest BCUT2D eigenvalue weighted by Crippen LogP contribution is -2.72. The maximum Gasteiger partial charge on any atom is 0.248 e. The minimum atomic E-state index is -0.814. The van der Waals surface area contributed by atoms with Crippen molar-refractivity contribution in [3.63, 3.8) is 0 Å². The van der Waals surface area contributed by atoms with Gasteiger partial charge in [-0.1, -0.05) is 0 Å². The van der Waals surface area contributed by atoms with Crippen molar-refractivity contribution in [1.82, 2.24) is 4.90 Å². The lowest BCUT2D eigenvalue weighted by Gasteiger charge is -2.44. The van der Waals surface area contributed by atoms with Crippen LogP contribution >= 0.6 is 0 Å². The summed E-state index contributed by atoms with van der Waals surface area (Å²) < 4.78 is 0. The molecular formula is C12H25N9O2. The monoisotopic (exact) mass is 327 g/mol. The van der Waals surface area contributed by atoms with Gasteiger partial charge in [-0.3, -0.25) is 24.5 Å². The third kappa shape index (κ3) is 5.07. The Balaban J connectivity index is 2.53. The highest BCUT2D eigenvalue weighted by molar-refractivity contribution is 6.05. The number of rotatable bonds is 8. The molecule has 3 atom stereocenters. The van der Waals surface area contributed by atoms with Gasteiger partial charge in [0.1, 0.15) is 6.04 Å². The van der Waals surface area contributed by atoms with E-state index >= 15 is 0 Å². The molecule has 130 valence electrons. The van der Waals surface area contributed by atoms with E-state index in [1.165, 1.54) is 0 Å². The highest BCUT2D eigenvalue weighted by atomic mass is 16.2. The van der Waals surface area contributed by atoms with E-state index in [2.05, 4.69) is 9.98 Å². The molecule has 1 saturated heterocycles. The average Bonchev–Trinajstić information content (AvgIpc) is 2.48. The summed E-state index contributed by atoms with van der Waals surface area (Å²) in [6, 6.07) is -1.99. The van der Waals surface area contributed by atoms with Crippen molar-refractivity contribution >= 4 is 23.7 Å². The fourth-order valence-electron chi connectivity index (χ4n) is 2.30. The number of hydrogen-bond donors (Lipinski definition) is 6. The first kappa shape index (κ1) is 18.6. The Morgan fingerprint density at radius 1 is 1.13 bits per heavy atom. The highest BCUT2D eigenvalue weighted by Gasteiger charge is 2.48. The zero-order chi connectivity index (χ0) is 17.6. The van der Waals surface area contributed by atoms with Crippen LogP contribution in [0.2, 0.25) is 0 Å². The topological polar surface area (TPSA) is 218 Å². The number of aliphatic imine (C=N–C) groups is 2. The van der Waals surface area contributed by atoms with E-state index in [0.717, 1.165) is 4.90 Å². The third-order valence-electron chi connectivity index (χ3n) is 3.51. The molecule has 0 aromatic heterocycles. The summed E-state index contributed by atoms with van der Waals surface area (Å²) in [6.07, 6.45) is 1.27. The van der Waals surface area contributed by atoms with E-state index in [1.807, 2.05) is 0 Å². The molecule has 1 aliphatic heterocycles. The van der Waals surface area contributed by atoms with E-state index in [9.17, 15) is 9.59 Å². The fourth-order valence-corrected chi connectivity index (χ4v) is 2.30. The van der Waals surface area contributed by atoms with Crippen molar-refractivity contribution in [3.8, 4) is 0 Å². The number of amides is 2. The minimum absolute atomic E-state index is 0.0198. The van der Waals surface area contributed by atoms with Crippen LogP contribution in [0.15, 0.2) is 9.98 Å². The van der Waals surface area contributed by atoms with Gasteiger partial charge in [-0.15, -0.1) is 0 Å². The van der Waals surface area contributed by atoms with Gasteiger partial charge < -0.3 is 34.4 Å². The number of nitrogens with two attached hydrogens (primary N) is 6. The van der Waals surface area contributed by atoms with Crippen molar-refractivity contribution < 1.29 is 9.59 Å². The van der Waals surface area contributed by atoms with Crippen molar-refractivity contribution in [1.29, 1.82) is 0 Å².